The summed E-state index contributed by atoms with van der Waals surface area (Å²) < 4.78 is 10.7. The highest BCUT2D eigenvalue weighted by Gasteiger charge is 2.39. The summed E-state index contributed by atoms with van der Waals surface area (Å²) in [6, 6.07) is -6.39. The van der Waals surface area contributed by atoms with Gasteiger partial charge in [0.1, 0.15) is 78.8 Å². The van der Waals surface area contributed by atoms with Crippen LogP contribution in [0, 0.1) is 28.1 Å². The van der Waals surface area contributed by atoms with Gasteiger partial charge in [-0.2, -0.15) is 25.3 Å². The number of nitrogens with two attached hydrogens (primary N) is 4. The van der Waals surface area contributed by atoms with Crippen molar-refractivity contribution in [1.82, 2.24) is 90.4 Å². The number of aliphatic hydroxyl groups is 2. The molecule has 668 valence electrons. The normalized spacial score (nSPS) is 14.6. The number of carbonyl (C=O) groups is 16. The zero-order valence-corrected chi connectivity index (χ0v) is 69.7. The van der Waals surface area contributed by atoms with Gasteiger partial charge in [-0.1, -0.05) is 76.9 Å². The molecule has 2 rings (SSSR count). The fourth-order valence-electron chi connectivity index (χ4n) is 11.1. The molecule has 0 radical (unpaired) electrons. The molecular formula is C73H118N24O21S2. The molecule has 0 saturated heterocycles. The van der Waals surface area contributed by atoms with Gasteiger partial charge in [-0.25, -0.2) is 0 Å². The quantitative estimate of drug-likeness (QED) is 0.00961. The highest BCUT2D eigenvalue weighted by Crippen LogP contribution is 2.28. The molecule has 31 N–H and O–H groups in total. The Bertz CT molecular complexity index is 3820. The molecule has 0 bridgehead atoms. The number of hydrogen-bond acceptors (Lipinski definition) is 26. The van der Waals surface area contributed by atoms with Crippen molar-refractivity contribution in [1.29, 1.82) is 16.2 Å². The molecule has 14 amide bonds. The van der Waals surface area contributed by atoms with E-state index in [1.807, 2.05) is 0 Å². The van der Waals surface area contributed by atoms with Crippen molar-refractivity contribution in [3.63, 3.8) is 0 Å². The molecule has 2 aromatic carbocycles. The van der Waals surface area contributed by atoms with E-state index in [4.69, 9.17) is 48.6 Å². The van der Waals surface area contributed by atoms with Crippen LogP contribution in [-0.2, 0) is 89.6 Å². The molecule has 45 nitrogen and oxygen atoms in total. The number of rotatable bonds is 57. The molecule has 0 aliphatic rings. The number of benzene rings is 2. The summed E-state index contributed by atoms with van der Waals surface area (Å²) in [5, 5.41) is 93.6. The molecule has 0 saturated carbocycles. The maximum absolute atomic E-state index is 14.6. The fraction of sp³-hybridized carbons (Fsp3) is 0.575. The van der Waals surface area contributed by atoms with Gasteiger partial charge in [0.25, 0.3) is 0 Å². The van der Waals surface area contributed by atoms with Crippen LogP contribution in [0.15, 0.2) is 48.5 Å². The Morgan fingerprint density at radius 2 is 0.858 bits per heavy atom. The van der Waals surface area contributed by atoms with Crippen LogP contribution in [0.3, 0.4) is 0 Å². The molecule has 0 aromatic heterocycles. The van der Waals surface area contributed by atoms with Crippen LogP contribution in [0.25, 0.3) is 0 Å². The minimum absolute atomic E-state index is 0.00817. The number of aldehydes is 1. The van der Waals surface area contributed by atoms with Crippen LogP contribution in [0.4, 0.5) is 0 Å². The van der Waals surface area contributed by atoms with Crippen LogP contribution >= 0.6 is 25.3 Å². The minimum Gasteiger partial charge on any atom is -0.493 e. The molecule has 0 aliphatic heterocycles. The number of aliphatic hydroxyl groups excluding tert-OH is 2. The molecule has 2 aromatic rings. The van der Waals surface area contributed by atoms with Crippen molar-refractivity contribution in [2.75, 3.05) is 71.7 Å². The highest BCUT2D eigenvalue weighted by atomic mass is 32.1. The first-order chi connectivity index (χ1) is 56.8. The molecule has 15 atom stereocenters. The van der Waals surface area contributed by atoms with Gasteiger partial charge in [-0.15, -0.1) is 0 Å². The third-order valence-corrected chi connectivity index (χ3v) is 19.1. The minimum atomic E-state index is -2.00. The maximum atomic E-state index is 14.6. The van der Waals surface area contributed by atoms with E-state index in [0.717, 1.165) is 0 Å². The number of nitrogens with one attached hydrogen (secondary N) is 20. The number of amides is 14. The second-order valence-corrected chi connectivity index (χ2v) is 28.5. The Labute approximate surface area is 704 Å². The van der Waals surface area contributed by atoms with Crippen molar-refractivity contribution in [2.45, 2.75) is 184 Å². The largest absolute Gasteiger partial charge is 0.493 e. The van der Waals surface area contributed by atoms with E-state index in [1.54, 1.807) is 57.2 Å². The van der Waals surface area contributed by atoms with E-state index >= 15 is 0 Å². The van der Waals surface area contributed by atoms with Crippen molar-refractivity contribution in [3.05, 3.63) is 59.7 Å². The maximum Gasteiger partial charge on any atom is 0.305 e. The summed E-state index contributed by atoms with van der Waals surface area (Å²) in [4.78, 5) is 218. The van der Waals surface area contributed by atoms with Gasteiger partial charge >= 0.3 is 5.97 Å². The first-order valence-corrected chi connectivity index (χ1v) is 39.6. The first kappa shape index (κ1) is 104. The molecule has 0 spiro atoms. The zero-order valence-electron chi connectivity index (χ0n) is 67.9. The number of carboxylic acid groups (broad SMARTS) is 1. The van der Waals surface area contributed by atoms with Gasteiger partial charge in [0, 0.05) is 44.0 Å². The number of aliphatic carboxylic acids is 1. The van der Waals surface area contributed by atoms with Crippen LogP contribution in [0.2, 0.25) is 0 Å². The lowest BCUT2D eigenvalue weighted by Crippen LogP contribution is -2.62. The topological polar surface area (TPSA) is 732 Å². The van der Waals surface area contributed by atoms with E-state index < -0.39 is 224 Å². The molecular weight excluding hydrogens is 1610 g/mol. The van der Waals surface area contributed by atoms with E-state index in [2.05, 4.69) is 116 Å². The number of hydrogen-bond donors (Lipinski definition) is 29. The number of guanidine groups is 3. The van der Waals surface area contributed by atoms with E-state index in [-0.39, 0.29) is 101 Å². The third kappa shape index (κ3) is 38.7. The molecule has 0 unspecified atom stereocenters. The van der Waals surface area contributed by atoms with Crippen LogP contribution < -0.4 is 123 Å². The van der Waals surface area contributed by atoms with Gasteiger partial charge < -0.3 is 143 Å². The smallest absolute Gasteiger partial charge is 0.305 e. The van der Waals surface area contributed by atoms with Crippen LogP contribution in [0.1, 0.15) is 104 Å². The number of methoxy groups -OCH3 is 2. The lowest BCUT2D eigenvalue weighted by Gasteiger charge is -2.30. The van der Waals surface area contributed by atoms with E-state index in [9.17, 15) is 92.0 Å². The van der Waals surface area contributed by atoms with Gasteiger partial charge in [0.05, 0.1) is 53.0 Å². The summed E-state index contributed by atoms with van der Waals surface area (Å²) in [5.41, 5.74) is 22.8. The zero-order chi connectivity index (χ0) is 90.3. The van der Waals surface area contributed by atoms with Crippen LogP contribution in [0.5, 0.6) is 11.5 Å². The number of thiol groups is 2. The monoisotopic (exact) mass is 1730 g/mol. The Balaban J connectivity index is 2.43. The molecule has 47 heteroatoms. The molecule has 120 heavy (non-hydrogen) atoms. The Morgan fingerprint density at radius 3 is 1.34 bits per heavy atom. The lowest BCUT2D eigenvalue weighted by atomic mass is 9.96. The number of carboxylic acids is 1. The van der Waals surface area contributed by atoms with E-state index in [0.29, 0.717) is 29.6 Å². The summed E-state index contributed by atoms with van der Waals surface area (Å²) >= 11 is 8.42. The Morgan fingerprint density at radius 1 is 0.442 bits per heavy atom. The highest BCUT2D eigenvalue weighted by molar-refractivity contribution is 7.80. The molecule has 0 aliphatic carbocycles. The van der Waals surface area contributed by atoms with Gasteiger partial charge in [-0.3, -0.25) is 88.1 Å². The van der Waals surface area contributed by atoms with Gasteiger partial charge in [0.2, 0.25) is 82.7 Å². The van der Waals surface area contributed by atoms with Crippen molar-refractivity contribution < 1.29 is 102 Å². The number of ether oxygens (including phenoxy) is 2. The first-order valence-electron chi connectivity index (χ1n) is 38.4. The second kappa shape index (κ2) is 55.8. The van der Waals surface area contributed by atoms with Crippen molar-refractivity contribution in [2.24, 2.45) is 34.8 Å². The number of carbonyl (C=O) groups excluding carboxylic acids is 15. The fourth-order valence-corrected chi connectivity index (χ4v) is 11.7. The summed E-state index contributed by atoms with van der Waals surface area (Å²) in [6.07, 6.45) is -0.569. The summed E-state index contributed by atoms with van der Waals surface area (Å²) in [6.45, 7) is 4.42. The molecule has 0 heterocycles. The van der Waals surface area contributed by atoms with E-state index in [1.165, 1.54) is 40.2 Å². The van der Waals surface area contributed by atoms with Crippen molar-refractivity contribution in [3.8, 4) is 11.5 Å². The van der Waals surface area contributed by atoms with Crippen LogP contribution in [-0.4, -0.2) is 278 Å². The Kier molecular flexibility index (Phi) is 48.4. The standard InChI is InChI=1S/C73H118N24O21S2/c1-8-37(3)57(69(115)92-48(29-56(103)104)65(111)89-45(20-15-25-83-73(79)80)63(109)97-58(38(4)9-2)70(116)95-51(36-120)68(114)91-47(26-40-16-11-10-12-17-40)64(110)87-42(32-98)18-13-23-81-71(75)76)96-62(108)44(19-14-24-82-72(77)78)88-55(102)31-84-54(101)30-85-61(107)46(27-41-21-22-52(117-6)53(28-41)118-7)90-59(105)39(5)86-67(113)50(35-119)94-66(112)49(34-100)93-60(106)43(74)33-99/h10-12,16-17,21-22,28,32,37-39,42-51,57-58,99-100,119-120H,8-9,13-15,18-20,23-27,29-31,33-36,74H2,1-7H3,(H,84,101)(H,85,107)(H,86,113)(H,87,110)(H,88,102)(H,89,111)(H,90,105)(H,91,114)(H,92,115)(H,93,106)(H,94,112)(H,95,116)(H,96,108)(H,97,109)(H,103,104)(H4,75,76,81)(H4,77,78,82)(H4,79,80,83)/t37-,38-,39+,42-,43-,44-,45-,46-,47-,48-,49-,50-,51-,57-,58-/m0/s1. The van der Waals surface area contributed by atoms with Gasteiger partial charge in [-0.05, 0) is 80.5 Å². The average molecular weight is 1730 g/mol. The summed E-state index contributed by atoms with van der Waals surface area (Å²) in [7, 11) is 2.73. The molecule has 0 fully saturated rings. The third-order valence-electron chi connectivity index (χ3n) is 18.4. The lowest BCUT2D eigenvalue weighted by molar-refractivity contribution is -0.142. The predicted octanol–water partition coefficient (Wildman–Crippen LogP) is -8.71. The predicted molar refractivity (Wildman–Crippen MR) is 443 cm³/mol. The average Bonchev–Trinajstić information content (AvgIpc) is 0.848. The summed E-state index contributed by atoms with van der Waals surface area (Å²) in [5.74, 6) is -18.4. The second-order valence-electron chi connectivity index (χ2n) is 27.7. The SMILES string of the molecule is CC[C@H](C)[C@H](NC(=O)[C@H](CCCNC(=N)N)NC(=O)CNC(=O)CNC(=O)[C@H](Cc1ccc(OC)c(OC)c1)NC(=O)[C@@H](C)NC(=O)[C@H](CS)NC(=O)[C@H](CO)NC(=O)[C@@H](N)CO)C(=O)N[C@@H](CC(=O)O)C(=O)N[C@@H](CCCNC(=N)N)C(=O)N[C@H](C(=O)N[C@@H](CS)C(=O)N[C@@H](Cc1ccccc1)C(=O)N[C@H](C=O)CCCNC(=N)N)[C@@H](C)CC. The van der Waals surface area contributed by atoms with Crippen molar-refractivity contribution >= 4 is 138 Å². The van der Waals surface area contributed by atoms with Gasteiger partial charge in [0.15, 0.2) is 29.4 Å². The Hall–Kier alpha value is -11.9.